The van der Waals surface area contributed by atoms with Crippen LogP contribution in [0.15, 0.2) is 0 Å². The Bertz CT molecular complexity index is 385. The maximum absolute atomic E-state index is 11.8. The zero-order chi connectivity index (χ0) is 13.7. The predicted octanol–water partition coefficient (Wildman–Crippen LogP) is -1.66. The quantitative estimate of drug-likeness (QED) is 0.585. The molecule has 1 fully saturated rings. The van der Waals surface area contributed by atoms with Gasteiger partial charge in [0.25, 0.3) is 0 Å². The summed E-state index contributed by atoms with van der Waals surface area (Å²) in [5, 5.41) is 4.22. The Morgan fingerprint density at radius 2 is 1.89 bits per heavy atom. The number of likely N-dealkylation sites (tertiary alicyclic amines) is 1. The van der Waals surface area contributed by atoms with E-state index < -0.39 is 17.1 Å². The Morgan fingerprint density at radius 1 is 1.28 bits per heavy atom. The van der Waals surface area contributed by atoms with E-state index in [1.807, 2.05) is 0 Å². The van der Waals surface area contributed by atoms with Crippen molar-refractivity contribution in [3.8, 4) is 0 Å². The van der Waals surface area contributed by atoms with Gasteiger partial charge in [0.2, 0.25) is 23.6 Å². The first-order chi connectivity index (χ1) is 8.49. The van der Waals surface area contributed by atoms with Gasteiger partial charge in [0, 0.05) is 20.5 Å². The fraction of sp³-hybridized carbons (Fsp3) is 0.600. The molecule has 1 rings (SSSR count). The van der Waals surface area contributed by atoms with E-state index in [2.05, 4.69) is 10.6 Å². The van der Waals surface area contributed by atoms with Gasteiger partial charge < -0.3 is 10.6 Å². The zero-order valence-corrected chi connectivity index (χ0v) is 11.0. The summed E-state index contributed by atoms with van der Waals surface area (Å²) in [6.07, 6.45) is 0.0392. The van der Waals surface area contributed by atoms with Gasteiger partial charge >= 0.3 is 0 Å². The van der Waals surface area contributed by atoms with Gasteiger partial charge in [0.15, 0.2) is 0 Å². The van der Waals surface area contributed by atoms with Crippen LogP contribution in [0.2, 0.25) is 0 Å². The molecule has 0 aromatic rings. The van der Waals surface area contributed by atoms with E-state index in [9.17, 15) is 19.2 Å². The van der Waals surface area contributed by atoms with Gasteiger partial charge in [0.05, 0.1) is 11.0 Å². The summed E-state index contributed by atoms with van der Waals surface area (Å²) in [5.41, 5.74) is 0. The fourth-order valence-corrected chi connectivity index (χ4v) is 2.45. The number of hydrogen-bond acceptors (Lipinski definition) is 5. The first kappa shape index (κ1) is 14.5. The van der Waals surface area contributed by atoms with Crippen molar-refractivity contribution in [2.45, 2.75) is 11.7 Å². The summed E-state index contributed by atoms with van der Waals surface area (Å²) in [6.45, 7) is -0.259. The predicted molar refractivity (Wildman–Crippen MR) is 65.7 cm³/mol. The molecule has 0 radical (unpaired) electrons. The molecule has 0 saturated carbocycles. The molecule has 1 atom stereocenters. The summed E-state index contributed by atoms with van der Waals surface area (Å²) in [6, 6.07) is 0. The third kappa shape index (κ3) is 3.46. The Labute approximate surface area is 109 Å². The molecule has 0 bridgehead atoms. The van der Waals surface area contributed by atoms with Crippen LogP contribution in [-0.4, -0.2) is 60.2 Å². The highest BCUT2D eigenvalue weighted by Gasteiger charge is 2.39. The largest absolute Gasteiger partial charge is 0.358 e. The molecule has 1 aliphatic rings. The van der Waals surface area contributed by atoms with Crippen molar-refractivity contribution in [3.63, 3.8) is 0 Å². The number of amides is 4. The minimum Gasteiger partial charge on any atom is -0.358 e. The van der Waals surface area contributed by atoms with E-state index in [0.29, 0.717) is 0 Å². The van der Waals surface area contributed by atoms with Gasteiger partial charge in [-0.25, -0.2) is 0 Å². The molecule has 0 aliphatic carbocycles. The molecule has 1 unspecified atom stereocenters. The van der Waals surface area contributed by atoms with Crippen LogP contribution in [0, 0.1) is 0 Å². The van der Waals surface area contributed by atoms with Crippen molar-refractivity contribution in [3.05, 3.63) is 0 Å². The van der Waals surface area contributed by atoms with Crippen molar-refractivity contribution >= 4 is 35.4 Å². The lowest BCUT2D eigenvalue weighted by Crippen LogP contribution is -2.40. The monoisotopic (exact) mass is 273 g/mol. The Hall–Kier alpha value is -1.57. The van der Waals surface area contributed by atoms with Crippen LogP contribution in [0.25, 0.3) is 0 Å². The smallest absolute Gasteiger partial charge is 0.243 e. The molecule has 4 amide bonds. The molecule has 100 valence electrons. The lowest BCUT2D eigenvalue weighted by molar-refractivity contribution is -0.142. The fourth-order valence-electron chi connectivity index (χ4n) is 1.42. The molecule has 0 spiro atoms. The molecule has 7 nitrogen and oxygen atoms in total. The molecule has 1 heterocycles. The minimum absolute atomic E-state index is 0.0392. The van der Waals surface area contributed by atoms with Gasteiger partial charge in [0.1, 0.15) is 6.54 Å². The van der Waals surface area contributed by atoms with E-state index in [1.165, 1.54) is 14.1 Å². The summed E-state index contributed by atoms with van der Waals surface area (Å²) >= 11 is 1.11. The van der Waals surface area contributed by atoms with Crippen LogP contribution >= 0.6 is 11.8 Å². The second-order valence-corrected chi connectivity index (χ2v) is 4.86. The SMILES string of the molecule is CNC(=O)CSC1CC(=O)N(CC(=O)NC)C1=O. The highest BCUT2D eigenvalue weighted by Crippen LogP contribution is 2.24. The zero-order valence-electron chi connectivity index (χ0n) is 10.2. The molecule has 18 heavy (non-hydrogen) atoms. The number of rotatable bonds is 5. The van der Waals surface area contributed by atoms with E-state index in [1.54, 1.807) is 0 Å². The van der Waals surface area contributed by atoms with Crippen LogP contribution in [0.5, 0.6) is 0 Å². The minimum atomic E-state index is -0.570. The number of hydrogen-bond donors (Lipinski definition) is 2. The molecule has 8 heteroatoms. The molecule has 2 N–H and O–H groups in total. The van der Waals surface area contributed by atoms with Crippen molar-refractivity contribution in [2.75, 3.05) is 26.4 Å². The van der Waals surface area contributed by atoms with Crippen LogP contribution in [0.3, 0.4) is 0 Å². The molecule has 1 aliphatic heterocycles. The van der Waals surface area contributed by atoms with Gasteiger partial charge in [-0.2, -0.15) is 0 Å². The number of nitrogens with zero attached hydrogens (tertiary/aromatic N) is 1. The Kier molecular flexibility index (Phi) is 5.14. The number of imide groups is 1. The third-order valence-corrected chi connectivity index (χ3v) is 3.68. The second kappa shape index (κ2) is 6.39. The average Bonchev–Trinajstić information content (AvgIpc) is 2.63. The third-order valence-electron chi connectivity index (χ3n) is 2.48. The lowest BCUT2D eigenvalue weighted by Gasteiger charge is -2.13. The van der Waals surface area contributed by atoms with Gasteiger partial charge in [-0.1, -0.05) is 0 Å². The van der Waals surface area contributed by atoms with Crippen molar-refractivity contribution in [1.82, 2.24) is 15.5 Å². The number of thioether (sulfide) groups is 1. The number of nitrogens with one attached hydrogen (secondary N) is 2. The van der Waals surface area contributed by atoms with Crippen LogP contribution < -0.4 is 10.6 Å². The highest BCUT2D eigenvalue weighted by molar-refractivity contribution is 8.01. The van der Waals surface area contributed by atoms with Gasteiger partial charge in [-0.05, 0) is 0 Å². The van der Waals surface area contributed by atoms with Crippen LogP contribution in [0.1, 0.15) is 6.42 Å². The summed E-state index contributed by atoms with van der Waals surface area (Å²) < 4.78 is 0. The number of carbonyl (C=O) groups is 4. The van der Waals surface area contributed by atoms with Gasteiger partial charge in [-0.15, -0.1) is 11.8 Å². The lowest BCUT2D eigenvalue weighted by atomic mass is 10.4. The average molecular weight is 273 g/mol. The molecular formula is C10H15N3O4S. The Balaban J connectivity index is 2.55. The summed E-state index contributed by atoms with van der Waals surface area (Å²) in [7, 11) is 2.94. The number of carbonyl (C=O) groups excluding carboxylic acids is 4. The van der Waals surface area contributed by atoms with Crippen molar-refractivity contribution < 1.29 is 19.2 Å². The first-order valence-corrected chi connectivity index (χ1v) is 6.41. The maximum Gasteiger partial charge on any atom is 0.243 e. The first-order valence-electron chi connectivity index (χ1n) is 5.36. The van der Waals surface area contributed by atoms with Crippen LogP contribution in [0.4, 0.5) is 0 Å². The van der Waals surface area contributed by atoms with Crippen molar-refractivity contribution in [1.29, 1.82) is 0 Å². The number of likely N-dealkylation sites (N-methyl/N-ethyl adjacent to an activating group) is 1. The van der Waals surface area contributed by atoms with Crippen LogP contribution in [-0.2, 0) is 19.2 Å². The standard InChI is InChI=1S/C10H15N3O4S/c1-11-7(14)4-13-9(16)3-6(10(13)17)18-5-8(15)12-2/h6H,3-5H2,1-2H3,(H,11,14)(H,12,15). The van der Waals surface area contributed by atoms with E-state index in [-0.39, 0.29) is 30.5 Å². The van der Waals surface area contributed by atoms with E-state index >= 15 is 0 Å². The maximum atomic E-state index is 11.8. The summed E-state index contributed by atoms with van der Waals surface area (Å²) in [5.74, 6) is -1.26. The second-order valence-electron chi connectivity index (χ2n) is 3.67. The molecule has 1 saturated heterocycles. The van der Waals surface area contributed by atoms with Gasteiger partial charge in [-0.3, -0.25) is 24.1 Å². The van der Waals surface area contributed by atoms with E-state index in [0.717, 1.165) is 16.7 Å². The Morgan fingerprint density at radius 3 is 2.44 bits per heavy atom. The molecular weight excluding hydrogens is 258 g/mol. The molecule has 0 aromatic carbocycles. The topological polar surface area (TPSA) is 95.6 Å². The normalized spacial score (nSPS) is 19.0. The van der Waals surface area contributed by atoms with Crippen molar-refractivity contribution in [2.24, 2.45) is 0 Å². The molecule has 0 aromatic heterocycles. The highest BCUT2D eigenvalue weighted by atomic mass is 32.2. The summed E-state index contributed by atoms with van der Waals surface area (Å²) in [4.78, 5) is 46.5. The van der Waals surface area contributed by atoms with E-state index in [4.69, 9.17) is 0 Å².